The Hall–Kier alpha value is -0.546. The molecule has 0 saturated heterocycles. The fourth-order valence-corrected chi connectivity index (χ4v) is 10.6. The SMILES string of the molecule is C=CCN([Si](CCC(F)(F)F)CCC(F)(F)F)[Si](C)(C)CC=C. The monoisotopic (exact) mass is 376 g/mol. The molecule has 0 aliphatic heterocycles. The first-order valence-corrected chi connectivity index (χ1v) is 12.3. The second-order valence-corrected chi connectivity index (χ2v) is 13.7. The molecule has 0 atom stereocenters. The van der Waals surface area contributed by atoms with Crippen LogP contribution in [0, 0.1) is 0 Å². The molecular weight excluding hydrogens is 352 g/mol. The Morgan fingerprint density at radius 2 is 1.35 bits per heavy atom. The number of allylic oxidation sites excluding steroid dienone is 1. The van der Waals surface area contributed by atoms with Gasteiger partial charge in [0.1, 0.15) is 17.2 Å². The van der Waals surface area contributed by atoms with E-state index in [1.165, 1.54) is 0 Å². The molecule has 0 aromatic heterocycles. The third-order valence-corrected chi connectivity index (χ3v) is 11.8. The van der Waals surface area contributed by atoms with Crippen LogP contribution in [0.5, 0.6) is 0 Å². The van der Waals surface area contributed by atoms with Gasteiger partial charge >= 0.3 is 12.4 Å². The number of hydrogen-bond acceptors (Lipinski definition) is 1. The van der Waals surface area contributed by atoms with Crippen LogP contribution >= 0.6 is 0 Å². The average molecular weight is 377 g/mol. The zero-order valence-corrected chi connectivity index (χ0v) is 15.5. The quantitative estimate of drug-likeness (QED) is 0.266. The molecular formula is C14H24F6NSi2. The number of rotatable bonds is 10. The molecule has 0 aliphatic rings. The summed E-state index contributed by atoms with van der Waals surface area (Å²) in [6.45, 7) is 11.5. The first-order chi connectivity index (χ1) is 10.3. The van der Waals surface area contributed by atoms with Gasteiger partial charge in [0.15, 0.2) is 0 Å². The lowest BCUT2D eigenvalue weighted by Crippen LogP contribution is -2.56. The second-order valence-electron chi connectivity index (χ2n) is 6.00. The molecule has 0 aliphatic carbocycles. The molecule has 0 amide bonds. The summed E-state index contributed by atoms with van der Waals surface area (Å²) in [5, 5.41) is 0. The lowest BCUT2D eigenvalue weighted by atomic mass is 10.5. The van der Waals surface area contributed by atoms with Crippen LogP contribution < -0.4 is 0 Å². The van der Waals surface area contributed by atoms with E-state index in [4.69, 9.17) is 0 Å². The van der Waals surface area contributed by atoms with E-state index in [1.807, 2.05) is 17.3 Å². The standard InChI is InChI=1S/C14H24F6NSi2/c1-5-9-21(23(3,4)12-6-2)22(10-7-13(15,16)17)11-8-14(18,19)20/h5-6H,1-2,7-12H2,3-4H3. The Bertz CT molecular complexity index is 360. The van der Waals surface area contributed by atoms with Crippen molar-refractivity contribution in [1.29, 1.82) is 0 Å². The van der Waals surface area contributed by atoms with Crippen molar-refractivity contribution < 1.29 is 26.3 Å². The summed E-state index contributed by atoms with van der Waals surface area (Å²) >= 11 is 0. The van der Waals surface area contributed by atoms with Crippen molar-refractivity contribution in [3.05, 3.63) is 25.3 Å². The van der Waals surface area contributed by atoms with Crippen molar-refractivity contribution >= 4 is 17.2 Å². The predicted octanol–water partition coefficient (Wildman–Crippen LogP) is 5.76. The maximum Gasteiger partial charge on any atom is 0.388 e. The molecule has 0 bridgehead atoms. The first kappa shape index (κ1) is 22.5. The first-order valence-electron chi connectivity index (χ1n) is 7.30. The fraction of sp³-hybridized carbons (Fsp3) is 0.714. The molecule has 9 heteroatoms. The topological polar surface area (TPSA) is 3.24 Å². The molecule has 0 N–H and O–H groups in total. The highest BCUT2D eigenvalue weighted by Crippen LogP contribution is 2.31. The average Bonchev–Trinajstić information content (AvgIpc) is 2.34. The van der Waals surface area contributed by atoms with E-state index in [9.17, 15) is 26.3 Å². The van der Waals surface area contributed by atoms with Crippen molar-refractivity contribution in [2.75, 3.05) is 6.54 Å². The summed E-state index contributed by atoms with van der Waals surface area (Å²) in [6, 6.07) is 0.157. The molecule has 135 valence electrons. The smallest absolute Gasteiger partial charge is 0.343 e. The van der Waals surface area contributed by atoms with E-state index in [2.05, 4.69) is 13.2 Å². The predicted molar refractivity (Wildman–Crippen MR) is 86.1 cm³/mol. The summed E-state index contributed by atoms with van der Waals surface area (Å²) in [6.07, 6.45) is -7.52. The van der Waals surface area contributed by atoms with Crippen LogP contribution in [0.4, 0.5) is 26.3 Å². The highest BCUT2D eigenvalue weighted by molar-refractivity contribution is 6.84. The number of halogens is 6. The van der Waals surface area contributed by atoms with Crippen molar-refractivity contribution in [3.8, 4) is 0 Å². The minimum absolute atomic E-state index is 0.230. The van der Waals surface area contributed by atoms with Crippen LogP contribution in [0.25, 0.3) is 0 Å². The molecule has 0 saturated carbocycles. The highest BCUT2D eigenvalue weighted by atomic mass is 28.4. The molecule has 0 aromatic carbocycles. The van der Waals surface area contributed by atoms with Crippen molar-refractivity contribution in [2.45, 2.75) is 56.4 Å². The lowest BCUT2D eigenvalue weighted by molar-refractivity contribution is -0.131. The molecule has 1 radical (unpaired) electrons. The Morgan fingerprint density at radius 1 is 0.913 bits per heavy atom. The van der Waals surface area contributed by atoms with Gasteiger partial charge in [-0.15, -0.1) is 13.2 Å². The summed E-state index contributed by atoms with van der Waals surface area (Å²) < 4.78 is 77.1. The maximum atomic E-state index is 12.5. The highest BCUT2D eigenvalue weighted by Gasteiger charge is 2.39. The summed E-state index contributed by atoms with van der Waals surface area (Å²) in [4.78, 5) is 0. The van der Waals surface area contributed by atoms with Crippen LogP contribution in [0.3, 0.4) is 0 Å². The van der Waals surface area contributed by atoms with Gasteiger partial charge in [0.25, 0.3) is 0 Å². The summed E-state index contributed by atoms with van der Waals surface area (Å²) in [7, 11) is -4.11. The van der Waals surface area contributed by atoms with E-state index < -0.39 is 42.4 Å². The second kappa shape index (κ2) is 9.07. The van der Waals surface area contributed by atoms with Crippen LogP contribution in [-0.4, -0.2) is 40.3 Å². The van der Waals surface area contributed by atoms with Gasteiger partial charge in [0.2, 0.25) is 0 Å². The normalized spacial score (nSPS) is 13.7. The van der Waals surface area contributed by atoms with Crippen molar-refractivity contribution in [2.24, 2.45) is 0 Å². The third kappa shape index (κ3) is 10.0. The molecule has 23 heavy (non-hydrogen) atoms. The molecule has 0 unspecified atom stereocenters. The Labute approximate surface area is 136 Å². The van der Waals surface area contributed by atoms with Gasteiger partial charge in [-0.3, -0.25) is 0 Å². The van der Waals surface area contributed by atoms with Crippen molar-refractivity contribution in [1.82, 2.24) is 4.23 Å². The molecule has 0 heterocycles. The largest absolute Gasteiger partial charge is 0.388 e. The van der Waals surface area contributed by atoms with Crippen molar-refractivity contribution in [3.63, 3.8) is 0 Å². The Kier molecular flexibility index (Phi) is 8.86. The molecule has 0 rings (SSSR count). The zero-order chi connectivity index (χ0) is 18.3. The number of hydrogen-bond donors (Lipinski definition) is 0. The number of alkyl halides is 6. The molecule has 0 aromatic rings. The Morgan fingerprint density at radius 3 is 1.65 bits per heavy atom. The van der Waals surface area contributed by atoms with E-state index >= 15 is 0 Å². The minimum Gasteiger partial charge on any atom is -0.343 e. The van der Waals surface area contributed by atoms with Gasteiger partial charge in [-0.1, -0.05) is 25.2 Å². The van der Waals surface area contributed by atoms with Crippen LogP contribution in [-0.2, 0) is 0 Å². The molecule has 0 fully saturated rings. The van der Waals surface area contributed by atoms with E-state index in [-0.39, 0.29) is 12.1 Å². The van der Waals surface area contributed by atoms with Gasteiger partial charge in [-0.05, 0) is 18.1 Å². The summed E-state index contributed by atoms with van der Waals surface area (Å²) in [5.41, 5.74) is 0. The minimum atomic E-state index is -4.35. The fourth-order valence-electron chi connectivity index (χ4n) is 2.36. The number of nitrogens with zero attached hydrogens (tertiary/aromatic N) is 1. The van der Waals surface area contributed by atoms with Crippen LogP contribution in [0.15, 0.2) is 25.3 Å². The van der Waals surface area contributed by atoms with E-state index in [0.717, 1.165) is 0 Å². The van der Waals surface area contributed by atoms with Gasteiger partial charge in [0, 0.05) is 19.4 Å². The summed E-state index contributed by atoms with van der Waals surface area (Å²) in [5.74, 6) is 0. The van der Waals surface area contributed by atoms with Gasteiger partial charge in [0.05, 0.1) is 0 Å². The Balaban J connectivity index is 5.27. The van der Waals surface area contributed by atoms with Crippen LogP contribution in [0.1, 0.15) is 12.8 Å². The molecule has 0 spiro atoms. The van der Waals surface area contributed by atoms with Gasteiger partial charge in [-0.2, -0.15) is 26.3 Å². The van der Waals surface area contributed by atoms with Crippen LogP contribution in [0.2, 0.25) is 31.2 Å². The maximum absolute atomic E-state index is 12.5. The lowest BCUT2D eigenvalue weighted by Gasteiger charge is -2.41. The van der Waals surface area contributed by atoms with E-state index in [1.54, 1.807) is 12.2 Å². The van der Waals surface area contributed by atoms with Gasteiger partial charge in [-0.25, -0.2) is 0 Å². The zero-order valence-electron chi connectivity index (χ0n) is 13.5. The third-order valence-electron chi connectivity index (χ3n) is 3.46. The van der Waals surface area contributed by atoms with E-state index in [0.29, 0.717) is 12.6 Å². The molecule has 1 nitrogen and oxygen atoms in total. The van der Waals surface area contributed by atoms with Gasteiger partial charge < -0.3 is 4.23 Å².